The van der Waals surface area contributed by atoms with Crippen LogP contribution in [0.2, 0.25) is 0 Å². The van der Waals surface area contributed by atoms with Crippen LogP contribution in [-0.2, 0) is 11.2 Å². The molecule has 0 N–H and O–H groups in total. The molecule has 1 aliphatic rings. The van der Waals surface area contributed by atoms with Crippen LogP contribution in [0.25, 0.3) is 0 Å². The Hall–Kier alpha value is -2.90. The predicted molar refractivity (Wildman–Crippen MR) is 121 cm³/mol. The van der Waals surface area contributed by atoms with Crippen molar-refractivity contribution in [3.63, 3.8) is 0 Å². The molecule has 3 rings (SSSR count). The van der Waals surface area contributed by atoms with Crippen molar-refractivity contribution in [2.45, 2.75) is 52.9 Å². The van der Waals surface area contributed by atoms with E-state index in [2.05, 4.69) is 50.4 Å². The van der Waals surface area contributed by atoms with Crippen molar-refractivity contribution in [2.75, 3.05) is 5.01 Å². The molecule has 2 aromatic rings. The number of hydrogen-bond donors (Lipinski definition) is 0. The van der Waals surface area contributed by atoms with Gasteiger partial charge in [-0.25, -0.2) is 0 Å². The van der Waals surface area contributed by atoms with Crippen molar-refractivity contribution in [1.82, 2.24) is 0 Å². The highest BCUT2D eigenvalue weighted by molar-refractivity contribution is 6.18. The Morgan fingerprint density at radius 3 is 2.41 bits per heavy atom. The van der Waals surface area contributed by atoms with Crippen LogP contribution < -0.4 is 5.01 Å². The van der Waals surface area contributed by atoms with Gasteiger partial charge in [0.2, 0.25) is 0 Å². The number of hydrogen-bond acceptors (Lipinski definition) is 2. The summed E-state index contributed by atoms with van der Waals surface area (Å²) in [6.45, 7) is 10.1. The third-order valence-corrected chi connectivity index (χ3v) is 5.77. The zero-order chi connectivity index (χ0) is 20.9. The molecule has 3 heteroatoms. The first-order valence-electron chi connectivity index (χ1n) is 10.4. The average Bonchev–Trinajstić information content (AvgIpc) is 2.98. The summed E-state index contributed by atoms with van der Waals surface area (Å²) in [5.74, 6) is 0.0334. The molecular formula is C26H30N2O. The quantitative estimate of drug-likeness (QED) is 0.494. The summed E-state index contributed by atoms with van der Waals surface area (Å²) in [5.41, 5.74) is 7.56. The van der Waals surface area contributed by atoms with E-state index in [1.165, 1.54) is 5.56 Å². The first-order valence-corrected chi connectivity index (χ1v) is 10.4. The Morgan fingerprint density at radius 1 is 1.10 bits per heavy atom. The van der Waals surface area contributed by atoms with E-state index < -0.39 is 5.41 Å². The van der Waals surface area contributed by atoms with E-state index in [1.54, 1.807) is 5.01 Å². The van der Waals surface area contributed by atoms with Gasteiger partial charge in [0.05, 0.1) is 16.8 Å². The highest BCUT2D eigenvalue weighted by atomic mass is 16.2. The summed E-state index contributed by atoms with van der Waals surface area (Å²) in [4.78, 5) is 13.8. The molecule has 150 valence electrons. The predicted octanol–water partition coefficient (Wildman–Crippen LogP) is 6.24. The normalized spacial score (nSPS) is 18.5. The fourth-order valence-corrected chi connectivity index (χ4v) is 3.91. The van der Waals surface area contributed by atoms with Gasteiger partial charge in [0, 0.05) is 0 Å². The highest BCUT2D eigenvalue weighted by Crippen LogP contribution is 2.41. The Morgan fingerprint density at radius 2 is 1.79 bits per heavy atom. The summed E-state index contributed by atoms with van der Waals surface area (Å²) in [6.07, 6.45) is 4.34. The minimum atomic E-state index is -0.696. The van der Waals surface area contributed by atoms with Crippen LogP contribution >= 0.6 is 0 Å². The molecular weight excluding hydrogens is 356 g/mol. The maximum Gasteiger partial charge on any atom is 0.260 e. The molecule has 1 unspecified atom stereocenters. The minimum Gasteiger partial charge on any atom is -0.271 e. The molecule has 1 heterocycles. The van der Waals surface area contributed by atoms with Gasteiger partial charge in [-0.15, -0.1) is 5.73 Å². The second-order valence-corrected chi connectivity index (χ2v) is 7.94. The van der Waals surface area contributed by atoms with Crippen LogP contribution in [0.4, 0.5) is 5.69 Å². The standard InChI is InChI=1S/C26H30N2O/c1-5-7-11-22(6-2)18-26(19-23-16-14-20(3)15-17-23)21(4)27-28(25(26)29)24-12-9-8-10-13-24/h8-10,12-17H,2,5,7,11,18-19H2,1,3-4H3. The van der Waals surface area contributed by atoms with Gasteiger partial charge >= 0.3 is 0 Å². The van der Waals surface area contributed by atoms with Gasteiger partial charge in [-0.2, -0.15) is 10.1 Å². The van der Waals surface area contributed by atoms with Crippen LogP contribution in [0.1, 0.15) is 50.7 Å². The second-order valence-electron chi connectivity index (χ2n) is 7.94. The van der Waals surface area contributed by atoms with Crippen molar-refractivity contribution in [3.05, 3.63) is 83.6 Å². The van der Waals surface area contributed by atoms with Crippen molar-refractivity contribution in [3.8, 4) is 0 Å². The molecule has 2 aromatic carbocycles. The summed E-state index contributed by atoms with van der Waals surface area (Å²) in [5, 5.41) is 6.29. The van der Waals surface area contributed by atoms with Crippen molar-refractivity contribution >= 4 is 17.3 Å². The van der Waals surface area contributed by atoms with E-state index in [0.29, 0.717) is 12.8 Å². The molecule has 0 aromatic heterocycles. The number of nitrogens with zero attached hydrogens (tertiary/aromatic N) is 2. The van der Waals surface area contributed by atoms with Crippen LogP contribution in [0, 0.1) is 12.3 Å². The number of anilines is 1. The molecule has 29 heavy (non-hydrogen) atoms. The average molecular weight is 387 g/mol. The fourth-order valence-electron chi connectivity index (χ4n) is 3.91. The largest absolute Gasteiger partial charge is 0.271 e. The van der Waals surface area contributed by atoms with Gasteiger partial charge in [0.15, 0.2) is 0 Å². The first-order chi connectivity index (χ1) is 14.0. The lowest BCUT2D eigenvalue weighted by Crippen LogP contribution is -2.41. The van der Waals surface area contributed by atoms with Gasteiger partial charge in [0.25, 0.3) is 5.91 Å². The second kappa shape index (κ2) is 9.07. The molecule has 0 saturated carbocycles. The number of carbonyl (C=O) groups is 1. The Kier molecular flexibility index (Phi) is 6.51. The van der Waals surface area contributed by atoms with Crippen LogP contribution in [0.15, 0.2) is 77.6 Å². The van der Waals surface area contributed by atoms with Gasteiger partial charge in [-0.1, -0.05) is 68.0 Å². The number of hydrazone groups is 1. The van der Waals surface area contributed by atoms with Crippen LogP contribution in [0.3, 0.4) is 0 Å². The Balaban J connectivity index is 2.00. The lowest BCUT2D eigenvalue weighted by atomic mass is 9.72. The number of carbonyl (C=O) groups excluding carboxylic acids is 1. The smallest absolute Gasteiger partial charge is 0.260 e. The third-order valence-electron chi connectivity index (χ3n) is 5.77. The molecule has 0 fully saturated rings. The molecule has 0 radical (unpaired) electrons. The molecule has 0 bridgehead atoms. The van der Waals surface area contributed by atoms with Gasteiger partial charge < -0.3 is 0 Å². The monoisotopic (exact) mass is 386 g/mol. The van der Waals surface area contributed by atoms with Crippen LogP contribution in [0.5, 0.6) is 0 Å². The maximum atomic E-state index is 13.8. The van der Waals surface area contributed by atoms with E-state index in [1.807, 2.05) is 37.3 Å². The Labute approximate surface area is 174 Å². The van der Waals surface area contributed by atoms with E-state index >= 15 is 0 Å². The number of para-hydroxylation sites is 1. The summed E-state index contributed by atoms with van der Waals surface area (Å²) >= 11 is 0. The minimum absolute atomic E-state index is 0.0334. The molecule has 0 saturated heterocycles. The fraction of sp³-hybridized carbons (Fsp3) is 0.346. The first kappa shape index (κ1) is 20.8. The lowest BCUT2D eigenvalue weighted by Gasteiger charge is -2.29. The number of allylic oxidation sites excluding steroid dienone is 1. The van der Waals surface area contributed by atoms with Gasteiger partial charge in [-0.3, -0.25) is 4.79 Å². The number of amides is 1. The topological polar surface area (TPSA) is 32.7 Å². The molecule has 3 nitrogen and oxygen atoms in total. The number of benzene rings is 2. The SMILES string of the molecule is C=C=C(CCCC)CC1(Cc2ccc(C)cc2)C(=O)N(c2ccccc2)N=C1C. The number of aryl methyl sites for hydroxylation is 1. The van der Waals surface area contributed by atoms with Crippen molar-refractivity contribution in [1.29, 1.82) is 0 Å². The zero-order valence-corrected chi connectivity index (χ0v) is 17.7. The van der Waals surface area contributed by atoms with Crippen molar-refractivity contribution in [2.24, 2.45) is 10.5 Å². The molecule has 0 aliphatic carbocycles. The third kappa shape index (κ3) is 4.41. The maximum absolute atomic E-state index is 13.8. The molecule has 1 atom stereocenters. The van der Waals surface area contributed by atoms with E-state index in [4.69, 9.17) is 5.10 Å². The summed E-state index contributed by atoms with van der Waals surface area (Å²) < 4.78 is 0. The van der Waals surface area contributed by atoms with E-state index in [-0.39, 0.29) is 5.91 Å². The zero-order valence-electron chi connectivity index (χ0n) is 17.7. The molecule has 0 spiro atoms. The highest BCUT2D eigenvalue weighted by Gasteiger charge is 2.49. The summed E-state index contributed by atoms with van der Waals surface area (Å²) in [7, 11) is 0. The molecule has 1 aliphatic heterocycles. The van der Waals surface area contributed by atoms with Gasteiger partial charge in [-0.05, 0) is 62.8 Å². The van der Waals surface area contributed by atoms with Crippen LogP contribution in [-0.4, -0.2) is 11.6 Å². The molecule has 1 amide bonds. The van der Waals surface area contributed by atoms with Gasteiger partial charge in [0.1, 0.15) is 0 Å². The van der Waals surface area contributed by atoms with E-state index in [0.717, 1.165) is 41.8 Å². The van der Waals surface area contributed by atoms with E-state index in [9.17, 15) is 4.79 Å². The lowest BCUT2D eigenvalue weighted by molar-refractivity contribution is -0.123. The number of unbranched alkanes of at least 4 members (excludes halogenated alkanes) is 1. The summed E-state index contributed by atoms with van der Waals surface area (Å²) in [6, 6.07) is 18.1. The van der Waals surface area contributed by atoms with Crippen molar-refractivity contribution < 1.29 is 4.79 Å². The number of rotatable bonds is 8. The Bertz CT molecular complexity index is 936.